The van der Waals surface area contributed by atoms with Gasteiger partial charge in [-0.15, -0.1) is 0 Å². The quantitative estimate of drug-likeness (QED) is 0.876. The molecular weight excluding hydrogens is 320 g/mol. The smallest absolute Gasteiger partial charge is 0.242 e. The van der Waals surface area contributed by atoms with E-state index in [1.54, 1.807) is 4.90 Å². The fraction of sp³-hybridized carbons (Fsp3) is 0.579. The zero-order valence-electron chi connectivity index (χ0n) is 15.3. The van der Waals surface area contributed by atoms with Gasteiger partial charge in [-0.2, -0.15) is 0 Å². The highest BCUT2D eigenvalue weighted by molar-refractivity contribution is 5.85. The Labute approximate surface area is 149 Å². The highest BCUT2D eigenvalue weighted by Gasteiger charge is 2.30. The highest BCUT2D eigenvalue weighted by atomic mass is 16.5. The predicted molar refractivity (Wildman–Crippen MR) is 95.2 cm³/mol. The molecule has 1 fully saturated rings. The van der Waals surface area contributed by atoms with Crippen LogP contribution in [0.5, 0.6) is 5.75 Å². The van der Waals surface area contributed by atoms with Crippen molar-refractivity contribution >= 4 is 11.8 Å². The Hall–Kier alpha value is -2.08. The topological polar surface area (TPSA) is 70.1 Å². The van der Waals surface area contributed by atoms with E-state index >= 15 is 0 Å². The number of para-hydroxylation sites is 1. The average Bonchev–Trinajstić information content (AvgIpc) is 2.66. The van der Waals surface area contributed by atoms with Gasteiger partial charge in [0.15, 0.2) is 0 Å². The molecule has 1 heterocycles. The van der Waals surface area contributed by atoms with Gasteiger partial charge >= 0.3 is 0 Å². The number of carbonyl (C=O) groups excluding carboxylic acids is 2. The van der Waals surface area contributed by atoms with Crippen molar-refractivity contribution in [3.05, 3.63) is 30.3 Å². The van der Waals surface area contributed by atoms with Crippen LogP contribution in [0.1, 0.15) is 27.2 Å². The average molecular weight is 348 g/mol. The summed E-state index contributed by atoms with van der Waals surface area (Å²) in [6.07, 6.45) is -0.392. The summed E-state index contributed by atoms with van der Waals surface area (Å²) in [6.45, 7) is 7.09. The molecule has 2 amide bonds. The van der Waals surface area contributed by atoms with Gasteiger partial charge in [-0.05, 0) is 17.5 Å². The molecular formula is C19H28N2O4. The van der Waals surface area contributed by atoms with E-state index in [2.05, 4.69) is 0 Å². The van der Waals surface area contributed by atoms with Crippen LogP contribution in [0.25, 0.3) is 0 Å². The minimum Gasteiger partial charge on any atom is -0.492 e. The van der Waals surface area contributed by atoms with Crippen LogP contribution in [0.15, 0.2) is 30.3 Å². The van der Waals surface area contributed by atoms with E-state index in [0.717, 1.165) is 5.75 Å². The third-order valence-electron chi connectivity index (χ3n) is 3.95. The molecule has 25 heavy (non-hydrogen) atoms. The SMILES string of the molecule is CC(C)(C)CC(=O)N1CC(=O)N(CCOc2ccccc2)CC(O)C1. The van der Waals surface area contributed by atoms with Crippen LogP contribution in [0, 0.1) is 5.41 Å². The van der Waals surface area contributed by atoms with E-state index in [9.17, 15) is 14.7 Å². The number of nitrogens with zero attached hydrogens (tertiary/aromatic N) is 2. The first-order valence-electron chi connectivity index (χ1n) is 8.66. The van der Waals surface area contributed by atoms with E-state index in [0.29, 0.717) is 19.6 Å². The molecule has 0 saturated carbocycles. The number of hydrogen-bond acceptors (Lipinski definition) is 4. The van der Waals surface area contributed by atoms with E-state index in [4.69, 9.17) is 4.74 Å². The van der Waals surface area contributed by atoms with Crippen LogP contribution < -0.4 is 4.74 Å². The molecule has 1 unspecified atom stereocenters. The van der Waals surface area contributed by atoms with Gasteiger partial charge in [0.1, 0.15) is 12.4 Å². The van der Waals surface area contributed by atoms with Crippen molar-refractivity contribution in [3.63, 3.8) is 0 Å². The van der Waals surface area contributed by atoms with Gasteiger partial charge in [-0.1, -0.05) is 39.0 Å². The number of benzene rings is 1. The van der Waals surface area contributed by atoms with Crippen LogP contribution in [0.2, 0.25) is 0 Å². The molecule has 1 atom stereocenters. The molecule has 0 radical (unpaired) electrons. The molecule has 0 spiro atoms. The van der Waals surface area contributed by atoms with Gasteiger partial charge in [-0.25, -0.2) is 0 Å². The largest absolute Gasteiger partial charge is 0.492 e. The molecule has 1 aliphatic heterocycles. The second-order valence-electron chi connectivity index (χ2n) is 7.67. The highest BCUT2D eigenvalue weighted by Crippen LogP contribution is 2.20. The van der Waals surface area contributed by atoms with E-state index in [1.807, 2.05) is 51.1 Å². The number of aliphatic hydroxyl groups is 1. The molecule has 1 aromatic carbocycles. The minimum absolute atomic E-state index is 0.0112. The third-order valence-corrected chi connectivity index (χ3v) is 3.95. The molecule has 0 aliphatic carbocycles. The summed E-state index contributed by atoms with van der Waals surface area (Å²) in [5.74, 6) is 0.491. The van der Waals surface area contributed by atoms with Crippen LogP contribution in [0.3, 0.4) is 0 Å². The minimum atomic E-state index is -0.743. The van der Waals surface area contributed by atoms with Gasteiger partial charge in [0.2, 0.25) is 11.8 Å². The maximum absolute atomic E-state index is 12.4. The van der Waals surface area contributed by atoms with E-state index in [1.165, 1.54) is 4.90 Å². The van der Waals surface area contributed by atoms with E-state index in [-0.39, 0.29) is 36.9 Å². The second-order valence-corrected chi connectivity index (χ2v) is 7.67. The number of hydrogen-bond donors (Lipinski definition) is 1. The van der Waals surface area contributed by atoms with Crippen molar-refractivity contribution in [1.82, 2.24) is 9.80 Å². The van der Waals surface area contributed by atoms with Crippen LogP contribution in [0.4, 0.5) is 0 Å². The number of amides is 2. The zero-order chi connectivity index (χ0) is 18.4. The lowest BCUT2D eigenvalue weighted by Crippen LogP contribution is -2.41. The van der Waals surface area contributed by atoms with Crippen molar-refractivity contribution in [2.75, 3.05) is 32.8 Å². The van der Waals surface area contributed by atoms with Crippen molar-refractivity contribution in [3.8, 4) is 5.75 Å². The summed E-state index contributed by atoms with van der Waals surface area (Å²) in [7, 11) is 0. The Kier molecular flexibility index (Phi) is 6.42. The Morgan fingerprint density at radius 3 is 2.56 bits per heavy atom. The second kappa shape index (κ2) is 8.34. The van der Waals surface area contributed by atoms with Crippen LogP contribution >= 0.6 is 0 Å². The normalized spacial score (nSPS) is 18.9. The lowest BCUT2D eigenvalue weighted by molar-refractivity contribution is -0.140. The molecule has 0 bridgehead atoms. The summed E-state index contributed by atoms with van der Waals surface area (Å²) in [5.41, 5.74) is -0.152. The number of aliphatic hydroxyl groups excluding tert-OH is 1. The number of rotatable bonds is 5. The van der Waals surface area contributed by atoms with Crippen molar-refractivity contribution in [2.45, 2.75) is 33.3 Å². The van der Waals surface area contributed by atoms with Crippen molar-refractivity contribution in [1.29, 1.82) is 0 Å². The first-order valence-corrected chi connectivity index (χ1v) is 8.66. The predicted octanol–water partition coefficient (Wildman–Crippen LogP) is 1.53. The van der Waals surface area contributed by atoms with Crippen LogP contribution in [-0.4, -0.2) is 65.6 Å². The van der Waals surface area contributed by atoms with Gasteiger partial charge in [0.25, 0.3) is 0 Å². The summed E-state index contributed by atoms with van der Waals surface area (Å²) >= 11 is 0. The first kappa shape index (κ1) is 19.2. The number of carbonyl (C=O) groups is 2. The van der Waals surface area contributed by atoms with Crippen molar-refractivity contribution < 1.29 is 19.4 Å². The van der Waals surface area contributed by atoms with Crippen LogP contribution in [-0.2, 0) is 9.59 Å². The Morgan fingerprint density at radius 1 is 1.24 bits per heavy atom. The summed E-state index contributed by atoms with van der Waals surface area (Å²) in [4.78, 5) is 27.9. The van der Waals surface area contributed by atoms with Gasteiger partial charge in [0, 0.05) is 19.5 Å². The first-order chi connectivity index (χ1) is 11.7. The standard InChI is InChI=1S/C19H28N2O4/c1-19(2,3)11-17(23)21-13-15(22)12-20(18(24)14-21)9-10-25-16-7-5-4-6-8-16/h4-8,15,22H,9-14H2,1-3H3. The van der Waals surface area contributed by atoms with Gasteiger partial charge < -0.3 is 19.6 Å². The lowest BCUT2D eigenvalue weighted by atomic mass is 9.91. The maximum Gasteiger partial charge on any atom is 0.242 e. The maximum atomic E-state index is 12.4. The number of ether oxygens (including phenoxy) is 1. The Balaban J connectivity index is 1.89. The zero-order valence-corrected chi connectivity index (χ0v) is 15.3. The molecule has 138 valence electrons. The molecule has 1 aliphatic rings. The molecule has 1 aromatic rings. The summed E-state index contributed by atoms with van der Waals surface area (Å²) in [5, 5.41) is 10.2. The fourth-order valence-corrected chi connectivity index (χ4v) is 2.76. The monoisotopic (exact) mass is 348 g/mol. The number of β-amino-alcohol motifs (C(OH)–C–C–N with tert-alkyl or cyclic N) is 1. The molecule has 0 aromatic heterocycles. The molecule has 2 rings (SSSR count). The summed E-state index contributed by atoms with van der Waals surface area (Å²) in [6, 6.07) is 9.38. The molecule has 6 nitrogen and oxygen atoms in total. The van der Waals surface area contributed by atoms with Gasteiger partial charge in [-0.3, -0.25) is 9.59 Å². The molecule has 1 saturated heterocycles. The fourth-order valence-electron chi connectivity index (χ4n) is 2.76. The van der Waals surface area contributed by atoms with Crippen molar-refractivity contribution in [2.24, 2.45) is 5.41 Å². The third kappa shape index (κ3) is 6.38. The Bertz CT molecular complexity index is 583. The summed E-state index contributed by atoms with van der Waals surface area (Å²) < 4.78 is 5.62. The molecule has 6 heteroatoms. The molecule has 1 N–H and O–H groups in total. The Morgan fingerprint density at radius 2 is 1.92 bits per heavy atom. The van der Waals surface area contributed by atoms with Gasteiger partial charge in [0.05, 0.1) is 19.2 Å². The van der Waals surface area contributed by atoms with E-state index < -0.39 is 6.10 Å². The lowest BCUT2D eigenvalue weighted by Gasteiger charge is -2.25.